The van der Waals surface area contributed by atoms with Crippen LogP contribution in [0.1, 0.15) is 38.3 Å². The molecule has 1 unspecified atom stereocenters. The van der Waals surface area contributed by atoms with Crippen LogP contribution in [0.3, 0.4) is 0 Å². The molecule has 0 aliphatic carbocycles. The number of benzene rings is 1. The highest BCUT2D eigenvalue weighted by Crippen LogP contribution is 2.35. The second-order valence-corrected chi connectivity index (χ2v) is 4.99. The van der Waals surface area contributed by atoms with E-state index in [4.69, 9.17) is 9.47 Å². The molecule has 108 valence electrons. The van der Waals surface area contributed by atoms with E-state index in [0.29, 0.717) is 6.61 Å². The Morgan fingerprint density at radius 1 is 1.45 bits per heavy atom. The maximum absolute atomic E-state index is 5.82. The molecule has 1 N–H and O–H groups in total. The van der Waals surface area contributed by atoms with Gasteiger partial charge in [0.15, 0.2) is 0 Å². The number of rotatable bonds is 6. The van der Waals surface area contributed by atoms with Crippen LogP contribution in [0, 0.1) is 11.8 Å². The van der Waals surface area contributed by atoms with Gasteiger partial charge in [-0.3, -0.25) is 0 Å². The van der Waals surface area contributed by atoms with Gasteiger partial charge in [0.2, 0.25) is 0 Å². The van der Waals surface area contributed by atoms with Crippen LogP contribution >= 0.6 is 0 Å². The molecule has 1 aromatic rings. The topological polar surface area (TPSA) is 30.5 Å². The van der Waals surface area contributed by atoms with Gasteiger partial charge in [0.05, 0.1) is 6.61 Å². The maximum Gasteiger partial charge on any atom is 0.124 e. The van der Waals surface area contributed by atoms with Gasteiger partial charge in [0.25, 0.3) is 0 Å². The van der Waals surface area contributed by atoms with E-state index in [-0.39, 0.29) is 6.10 Å². The second-order valence-electron chi connectivity index (χ2n) is 4.99. The Labute approximate surface area is 121 Å². The average molecular weight is 273 g/mol. The lowest BCUT2D eigenvalue weighted by molar-refractivity contribution is 0.254. The van der Waals surface area contributed by atoms with Crippen molar-refractivity contribution in [2.45, 2.75) is 46.3 Å². The quantitative estimate of drug-likeness (QED) is 0.638. The Kier molecular flexibility index (Phi) is 5.31. The number of hydrogen-bond donors (Lipinski definition) is 1. The largest absolute Gasteiger partial charge is 0.494 e. The fourth-order valence-electron chi connectivity index (χ4n) is 2.41. The van der Waals surface area contributed by atoms with Crippen molar-refractivity contribution in [2.24, 2.45) is 0 Å². The molecule has 0 aromatic heterocycles. The van der Waals surface area contributed by atoms with Crippen LogP contribution < -0.4 is 14.8 Å². The molecular weight excluding hydrogens is 250 g/mol. The van der Waals surface area contributed by atoms with Crippen LogP contribution in [0.5, 0.6) is 11.5 Å². The predicted molar refractivity (Wildman–Crippen MR) is 81.2 cm³/mol. The van der Waals surface area contributed by atoms with Crippen LogP contribution in [0.25, 0.3) is 0 Å². The van der Waals surface area contributed by atoms with E-state index in [1.54, 1.807) is 0 Å². The molecule has 1 aliphatic rings. The summed E-state index contributed by atoms with van der Waals surface area (Å²) in [5, 5.41) is 3.40. The molecular formula is C17H23NO2. The van der Waals surface area contributed by atoms with Crippen LogP contribution in [-0.2, 0) is 13.0 Å². The Bertz CT molecular complexity index is 514. The van der Waals surface area contributed by atoms with Gasteiger partial charge in [-0.1, -0.05) is 0 Å². The lowest BCUT2D eigenvalue weighted by Crippen LogP contribution is -2.15. The summed E-state index contributed by atoms with van der Waals surface area (Å²) < 4.78 is 11.6. The molecule has 0 radical (unpaired) electrons. The zero-order valence-electron chi connectivity index (χ0n) is 12.6. The summed E-state index contributed by atoms with van der Waals surface area (Å²) >= 11 is 0. The minimum Gasteiger partial charge on any atom is -0.494 e. The van der Waals surface area contributed by atoms with E-state index in [2.05, 4.69) is 36.2 Å². The lowest BCUT2D eigenvalue weighted by Gasteiger charge is -2.13. The van der Waals surface area contributed by atoms with E-state index in [9.17, 15) is 0 Å². The highest BCUT2D eigenvalue weighted by molar-refractivity contribution is 5.48. The summed E-state index contributed by atoms with van der Waals surface area (Å²) in [4.78, 5) is 0. The molecule has 0 saturated carbocycles. The molecule has 3 heteroatoms. The molecule has 2 rings (SSSR count). The van der Waals surface area contributed by atoms with Gasteiger partial charge in [-0.25, -0.2) is 0 Å². The van der Waals surface area contributed by atoms with Crippen molar-refractivity contribution in [2.75, 3.05) is 13.2 Å². The predicted octanol–water partition coefficient (Wildman–Crippen LogP) is 2.91. The smallest absolute Gasteiger partial charge is 0.124 e. The Morgan fingerprint density at radius 3 is 3.05 bits per heavy atom. The van der Waals surface area contributed by atoms with Crippen molar-refractivity contribution >= 4 is 0 Å². The van der Waals surface area contributed by atoms with Gasteiger partial charge in [-0.2, -0.15) is 0 Å². The van der Waals surface area contributed by atoms with E-state index in [0.717, 1.165) is 43.0 Å². The van der Waals surface area contributed by atoms with Crippen LogP contribution in [0.2, 0.25) is 0 Å². The lowest BCUT2D eigenvalue weighted by atomic mass is 10.1. The normalized spacial score (nSPS) is 16.1. The summed E-state index contributed by atoms with van der Waals surface area (Å²) in [5.74, 6) is 7.93. The molecule has 1 aromatic carbocycles. The maximum atomic E-state index is 5.82. The van der Waals surface area contributed by atoms with Crippen molar-refractivity contribution in [1.82, 2.24) is 5.32 Å². The first kappa shape index (κ1) is 14.7. The number of ether oxygens (including phenoxy) is 2. The molecule has 20 heavy (non-hydrogen) atoms. The SMILES string of the molecule is CC#CCCNCc1cc2c(cc1OCC)CC(C)O2. The Morgan fingerprint density at radius 2 is 2.30 bits per heavy atom. The monoisotopic (exact) mass is 273 g/mol. The van der Waals surface area contributed by atoms with Gasteiger partial charge in [-0.15, -0.1) is 11.8 Å². The first-order valence-corrected chi connectivity index (χ1v) is 7.30. The third kappa shape index (κ3) is 3.68. The van der Waals surface area contributed by atoms with Crippen molar-refractivity contribution in [3.05, 3.63) is 23.3 Å². The van der Waals surface area contributed by atoms with E-state index in [1.807, 2.05) is 13.8 Å². The van der Waals surface area contributed by atoms with E-state index in [1.165, 1.54) is 5.56 Å². The van der Waals surface area contributed by atoms with Gasteiger partial charge >= 0.3 is 0 Å². The molecule has 0 spiro atoms. The zero-order valence-corrected chi connectivity index (χ0v) is 12.6. The van der Waals surface area contributed by atoms with Crippen molar-refractivity contribution in [3.63, 3.8) is 0 Å². The molecule has 1 atom stereocenters. The fraction of sp³-hybridized carbons (Fsp3) is 0.529. The van der Waals surface area contributed by atoms with Crippen LogP contribution in [0.4, 0.5) is 0 Å². The number of hydrogen-bond acceptors (Lipinski definition) is 3. The highest BCUT2D eigenvalue weighted by atomic mass is 16.5. The third-order valence-electron chi connectivity index (χ3n) is 3.30. The zero-order chi connectivity index (χ0) is 14.4. The minimum absolute atomic E-state index is 0.266. The second kappa shape index (κ2) is 7.21. The molecule has 1 aliphatic heterocycles. The van der Waals surface area contributed by atoms with Gasteiger partial charge in [-0.05, 0) is 32.9 Å². The van der Waals surface area contributed by atoms with E-state index >= 15 is 0 Å². The standard InChI is InChI=1S/C17H23NO2/c1-4-6-7-8-18-12-15-11-17-14(9-13(3)20-17)10-16(15)19-5-2/h10-11,13,18H,5,7-9,12H2,1-3H3. The van der Waals surface area contributed by atoms with Gasteiger partial charge in [0, 0.05) is 37.1 Å². The summed E-state index contributed by atoms with van der Waals surface area (Å²) in [6.07, 6.45) is 2.11. The molecule has 3 nitrogen and oxygen atoms in total. The number of nitrogens with one attached hydrogen (secondary N) is 1. The molecule has 1 heterocycles. The minimum atomic E-state index is 0.266. The van der Waals surface area contributed by atoms with Crippen LogP contribution in [-0.4, -0.2) is 19.3 Å². The molecule has 0 bridgehead atoms. The molecule has 0 amide bonds. The Hall–Kier alpha value is -1.66. The highest BCUT2D eigenvalue weighted by Gasteiger charge is 2.21. The van der Waals surface area contributed by atoms with E-state index < -0.39 is 0 Å². The first-order valence-electron chi connectivity index (χ1n) is 7.30. The van der Waals surface area contributed by atoms with Crippen molar-refractivity contribution in [3.8, 4) is 23.3 Å². The summed E-state index contributed by atoms with van der Waals surface area (Å²) in [7, 11) is 0. The number of fused-ring (bicyclic) bond motifs is 1. The molecule has 0 fully saturated rings. The molecule has 0 saturated heterocycles. The van der Waals surface area contributed by atoms with Gasteiger partial charge < -0.3 is 14.8 Å². The first-order chi connectivity index (χ1) is 9.74. The Balaban J connectivity index is 2.05. The van der Waals surface area contributed by atoms with Crippen LogP contribution in [0.15, 0.2) is 12.1 Å². The van der Waals surface area contributed by atoms with Gasteiger partial charge in [0.1, 0.15) is 17.6 Å². The third-order valence-corrected chi connectivity index (χ3v) is 3.30. The fourth-order valence-corrected chi connectivity index (χ4v) is 2.41. The van der Waals surface area contributed by atoms with Crippen molar-refractivity contribution < 1.29 is 9.47 Å². The summed E-state index contributed by atoms with van der Waals surface area (Å²) in [5.41, 5.74) is 2.41. The van der Waals surface area contributed by atoms with Crippen molar-refractivity contribution in [1.29, 1.82) is 0 Å². The average Bonchev–Trinajstić information content (AvgIpc) is 2.78. The summed E-state index contributed by atoms with van der Waals surface area (Å²) in [6.45, 7) is 8.34. The summed E-state index contributed by atoms with van der Waals surface area (Å²) in [6, 6.07) is 4.24.